The highest BCUT2D eigenvalue weighted by molar-refractivity contribution is 7.09. The Labute approximate surface area is 235 Å². The predicted molar refractivity (Wildman–Crippen MR) is 162 cm³/mol. The van der Waals surface area contributed by atoms with Gasteiger partial charge in [0.1, 0.15) is 0 Å². The lowest BCUT2D eigenvalue weighted by Crippen LogP contribution is -2.39. The number of nitrogens with one attached hydrogen (secondary N) is 3. The van der Waals surface area contributed by atoms with Crippen molar-refractivity contribution in [2.45, 2.75) is 38.8 Å². The monoisotopic (exact) mass is 565 g/mol. The molecule has 3 N–H and O–H groups in total. The van der Waals surface area contributed by atoms with Crippen LogP contribution in [0.5, 0.6) is 0 Å². The Bertz CT molecular complexity index is 1330. The van der Waals surface area contributed by atoms with Crippen LogP contribution in [0.2, 0.25) is 25.7 Å². The van der Waals surface area contributed by atoms with Crippen LogP contribution in [0.15, 0.2) is 41.8 Å². The molecule has 4 aromatic rings. The third-order valence-electron chi connectivity index (χ3n) is 6.74. The fourth-order valence-electron chi connectivity index (χ4n) is 4.47. The zero-order chi connectivity index (χ0) is 27.1. The van der Waals surface area contributed by atoms with Crippen molar-refractivity contribution in [3.05, 3.63) is 52.3 Å². The molecule has 0 aliphatic carbocycles. The summed E-state index contributed by atoms with van der Waals surface area (Å²) in [4.78, 5) is 13.4. The zero-order valence-electron chi connectivity index (χ0n) is 23.1. The fraction of sp³-hybridized carbons (Fsp3) is 0.464. The molecule has 1 aliphatic rings. The van der Waals surface area contributed by atoms with Gasteiger partial charge in [-0.05, 0) is 29.6 Å². The molecular weight excluding hydrogens is 527 g/mol. The smallest absolute Gasteiger partial charge is 0.225 e. The molecule has 0 atom stereocenters. The summed E-state index contributed by atoms with van der Waals surface area (Å²) >= 11 is 1.75. The number of nitrogens with zero attached hydrogens (tertiary/aromatic N) is 4. The second kappa shape index (κ2) is 13.0. The number of thiophene rings is 1. The van der Waals surface area contributed by atoms with Crippen molar-refractivity contribution in [2.24, 2.45) is 0 Å². The second-order valence-corrected chi connectivity index (χ2v) is 17.7. The lowest BCUT2D eigenvalue weighted by Gasteiger charge is -2.26. The van der Waals surface area contributed by atoms with Crippen LogP contribution in [0.1, 0.15) is 10.6 Å². The van der Waals surface area contributed by atoms with Gasteiger partial charge in [-0.1, -0.05) is 37.8 Å². The van der Waals surface area contributed by atoms with Crippen molar-refractivity contribution in [2.75, 3.05) is 56.6 Å². The molecule has 4 heterocycles. The maximum Gasteiger partial charge on any atom is 0.225 e. The molecule has 1 fully saturated rings. The third-order valence-corrected chi connectivity index (χ3v) is 9.32. The molecular formula is C28H39N7O2SSi. The minimum absolute atomic E-state index is 0.421. The van der Waals surface area contributed by atoms with Crippen LogP contribution < -0.4 is 10.6 Å². The molecule has 5 rings (SSSR count). The van der Waals surface area contributed by atoms with E-state index in [2.05, 4.69) is 87.2 Å². The van der Waals surface area contributed by atoms with Gasteiger partial charge in [0, 0.05) is 63.5 Å². The van der Waals surface area contributed by atoms with Gasteiger partial charge in [0.15, 0.2) is 5.65 Å². The number of rotatable bonds is 13. The maximum atomic E-state index is 6.16. The summed E-state index contributed by atoms with van der Waals surface area (Å²) < 4.78 is 11.6. The van der Waals surface area contributed by atoms with E-state index in [0.717, 1.165) is 86.6 Å². The minimum Gasteiger partial charge on any atom is -0.380 e. The van der Waals surface area contributed by atoms with Crippen LogP contribution in [-0.4, -0.2) is 79.1 Å². The Morgan fingerprint density at radius 2 is 1.97 bits per heavy atom. The number of hydrogen-bond acceptors (Lipinski definition) is 9. The predicted octanol–water partition coefficient (Wildman–Crippen LogP) is 5.29. The molecule has 0 radical (unpaired) electrons. The number of ether oxygens (including phenoxy) is 2. The zero-order valence-corrected chi connectivity index (χ0v) is 24.9. The van der Waals surface area contributed by atoms with Crippen LogP contribution in [0, 0.1) is 0 Å². The number of H-pyrrole nitrogens is 1. The van der Waals surface area contributed by atoms with Gasteiger partial charge in [0.25, 0.3) is 0 Å². The number of aromatic amines is 1. The number of hydrogen-bond donors (Lipinski definition) is 3. The van der Waals surface area contributed by atoms with Crippen molar-refractivity contribution in [3.8, 4) is 11.3 Å². The van der Waals surface area contributed by atoms with Crippen LogP contribution >= 0.6 is 11.3 Å². The fourth-order valence-corrected chi connectivity index (χ4v) is 5.87. The van der Waals surface area contributed by atoms with E-state index in [4.69, 9.17) is 19.4 Å². The first kappa shape index (κ1) is 27.7. The van der Waals surface area contributed by atoms with Gasteiger partial charge in [-0.3, -0.25) is 10.00 Å². The van der Waals surface area contributed by atoms with Gasteiger partial charge >= 0.3 is 0 Å². The summed E-state index contributed by atoms with van der Waals surface area (Å²) in [6.07, 6.45) is 0. The molecule has 0 spiro atoms. The molecule has 208 valence electrons. The average Bonchev–Trinajstić information content (AvgIpc) is 3.60. The van der Waals surface area contributed by atoms with Gasteiger partial charge < -0.3 is 20.1 Å². The van der Waals surface area contributed by atoms with E-state index < -0.39 is 8.07 Å². The molecule has 11 heteroatoms. The first-order chi connectivity index (χ1) is 18.9. The van der Waals surface area contributed by atoms with Crippen molar-refractivity contribution in [1.29, 1.82) is 0 Å². The van der Waals surface area contributed by atoms with Gasteiger partial charge in [-0.25, -0.2) is 4.98 Å². The van der Waals surface area contributed by atoms with E-state index in [0.29, 0.717) is 18.2 Å². The maximum absolute atomic E-state index is 6.16. The van der Waals surface area contributed by atoms with E-state index in [9.17, 15) is 0 Å². The van der Waals surface area contributed by atoms with Crippen molar-refractivity contribution >= 4 is 42.1 Å². The standard InChI is InChI=1S/C28H39N7O2SSi/c1-39(2,3)17-15-37-20-24-25-26(21-6-4-7-22(18-21)30-19-23-8-5-16-38-23)33-34-27(25)32-28(31-24)29-9-10-35-11-13-36-14-12-35/h4-8,16,18,30H,9-15,17,19-20H2,1-3H3,(H2,29,31,32,33,34). The molecule has 3 aromatic heterocycles. The SMILES string of the molecule is C[Si](C)(C)CCOCc1nc(NCCN2CCOCC2)nc2n[nH]c(-c3cccc(NCc4cccs4)c3)c12. The lowest BCUT2D eigenvalue weighted by atomic mass is 10.1. The number of fused-ring (bicyclic) bond motifs is 1. The number of aromatic nitrogens is 4. The summed E-state index contributed by atoms with van der Waals surface area (Å²) in [6, 6.07) is 13.7. The Morgan fingerprint density at radius 3 is 2.77 bits per heavy atom. The largest absolute Gasteiger partial charge is 0.380 e. The van der Waals surface area contributed by atoms with Crippen LogP contribution in [-0.2, 0) is 22.6 Å². The normalized spacial score (nSPS) is 14.6. The highest BCUT2D eigenvalue weighted by Gasteiger charge is 2.19. The van der Waals surface area contributed by atoms with Gasteiger partial charge in [0.2, 0.25) is 5.95 Å². The first-order valence-corrected chi connectivity index (χ1v) is 18.3. The number of benzene rings is 1. The molecule has 1 saturated heterocycles. The van der Waals surface area contributed by atoms with E-state index in [-0.39, 0.29) is 0 Å². The quantitative estimate of drug-likeness (QED) is 0.149. The highest BCUT2D eigenvalue weighted by Crippen LogP contribution is 2.30. The molecule has 1 aromatic carbocycles. The summed E-state index contributed by atoms with van der Waals surface area (Å²) in [5.41, 5.74) is 4.50. The number of morpholine rings is 1. The molecule has 0 saturated carbocycles. The van der Waals surface area contributed by atoms with E-state index >= 15 is 0 Å². The molecule has 9 nitrogen and oxygen atoms in total. The van der Waals surface area contributed by atoms with Crippen LogP contribution in [0.3, 0.4) is 0 Å². The van der Waals surface area contributed by atoms with Crippen molar-refractivity contribution < 1.29 is 9.47 Å². The van der Waals surface area contributed by atoms with Gasteiger partial charge in [-0.15, -0.1) is 11.3 Å². The van der Waals surface area contributed by atoms with Crippen molar-refractivity contribution in [3.63, 3.8) is 0 Å². The Balaban J connectivity index is 1.36. The lowest BCUT2D eigenvalue weighted by molar-refractivity contribution is 0.0398. The van der Waals surface area contributed by atoms with Crippen LogP contribution in [0.4, 0.5) is 11.6 Å². The summed E-state index contributed by atoms with van der Waals surface area (Å²) in [5, 5.41) is 17.8. The van der Waals surface area contributed by atoms with E-state index in [1.54, 1.807) is 11.3 Å². The number of anilines is 2. The van der Waals surface area contributed by atoms with E-state index in [1.807, 2.05) is 0 Å². The third kappa shape index (κ3) is 7.86. The molecule has 0 amide bonds. The summed E-state index contributed by atoms with van der Waals surface area (Å²) in [6.45, 7) is 14.2. The van der Waals surface area contributed by atoms with Crippen molar-refractivity contribution in [1.82, 2.24) is 25.1 Å². The highest BCUT2D eigenvalue weighted by atomic mass is 32.1. The topological polar surface area (TPSA) is 100 Å². The Kier molecular flexibility index (Phi) is 9.25. The first-order valence-electron chi connectivity index (χ1n) is 13.7. The summed E-state index contributed by atoms with van der Waals surface area (Å²) in [7, 11) is -1.19. The van der Waals surface area contributed by atoms with Crippen LogP contribution in [0.25, 0.3) is 22.3 Å². The summed E-state index contributed by atoms with van der Waals surface area (Å²) in [5.74, 6) is 0.587. The van der Waals surface area contributed by atoms with E-state index in [1.165, 1.54) is 4.88 Å². The second-order valence-electron chi connectivity index (χ2n) is 11.0. The molecule has 0 bridgehead atoms. The average molecular weight is 566 g/mol. The molecule has 39 heavy (non-hydrogen) atoms. The Hall–Kier alpha value is -2.83. The molecule has 0 unspecified atom stereocenters. The van der Waals surface area contributed by atoms with Gasteiger partial charge in [-0.2, -0.15) is 10.1 Å². The minimum atomic E-state index is -1.19. The Morgan fingerprint density at radius 1 is 1.10 bits per heavy atom. The van der Waals surface area contributed by atoms with Gasteiger partial charge in [0.05, 0.1) is 36.6 Å². The molecule has 1 aliphatic heterocycles.